The van der Waals surface area contributed by atoms with Gasteiger partial charge in [-0.25, -0.2) is 0 Å². The Balaban J connectivity index is 2.17. The molecule has 17 heavy (non-hydrogen) atoms. The summed E-state index contributed by atoms with van der Waals surface area (Å²) >= 11 is 12.5. The average Bonchev–Trinajstić information content (AvgIpc) is 2.80. The third kappa shape index (κ3) is 2.85. The van der Waals surface area contributed by atoms with Gasteiger partial charge in [0.15, 0.2) is 0 Å². The molecule has 1 aromatic heterocycles. The summed E-state index contributed by atoms with van der Waals surface area (Å²) in [7, 11) is 0. The lowest BCUT2D eigenvalue weighted by atomic mass is 10.0. The van der Waals surface area contributed by atoms with Gasteiger partial charge < -0.3 is 4.42 Å². The molecule has 90 valence electrons. The number of furan rings is 1. The monoisotopic (exact) mass is 268 g/mol. The molecular formula is C14H14Cl2O. The van der Waals surface area contributed by atoms with E-state index in [2.05, 4.69) is 6.92 Å². The normalized spacial score (nSPS) is 12.6. The van der Waals surface area contributed by atoms with Crippen LogP contribution in [0.1, 0.15) is 29.2 Å². The Hall–Kier alpha value is -0.920. The summed E-state index contributed by atoms with van der Waals surface area (Å²) in [5.41, 5.74) is 2.13. The van der Waals surface area contributed by atoms with Gasteiger partial charge in [0.05, 0.1) is 11.6 Å². The van der Waals surface area contributed by atoms with E-state index in [1.807, 2.05) is 30.3 Å². The van der Waals surface area contributed by atoms with Crippen LogP contribution in [0.3, 0.4) is 0 Å². The van der Waals surface area contributed by atoms with Gasteiger partial charge in [-0.15, -0.1) is 11.6 Å². The van der Waals surface area contributed by atoms with Gasteiger partial charge in [-0.1, -0.05) is 36.7 Å². The molecular weight excluding hydrogens is 255 g/mol. The summed E-state index contributed by atoms with van der Waals surface area (Å²) < 4.78 is 5.39. The van der Waals surface area contributed by atoms with Crippen LogP contribution < -0.4 is 0 Å². The van der Waals surface area contributed by atoms with E-state index in [1.165, 1.54) is 0 Å². The van der Waals surface area contributed by atoms with Crippen molar-refractivity contribution in [3.8, 4) is 0 Å². The van der Waals surface area contributed by atoms with E-state index in [1.54, 1.807) is 6.26 Å². The summed E-state index contributed by atoms with van der Waals surface area (Å²) in [5.74, 6) is 0.956. The molecule has 1 heterocycles. The predicted octanol–water partition coefficient (Wildman–Crippen LogP) is 5.02. The third-order valence-corrected chi connectivity index (χ3v) is 3.55. The lowest BCUT2D eigenvalue weighted by molar-refractivity contribution is 0.510. The maximum Gasteiger partial charge on any atom is 0.108 e. The van der Waals surface area contributed by atoms with Crippen molar-refractivity contribution in [1.29, 1.82) is 0 Å². The van der Waals surface area contributed by atoms with Gasteiger partial charge in [0.1, 0.15) is 5.76 Å². The van der Waals surface area contributed by atoms with Gasteiger partial charge in [-0.05, 0) is 24.1 Å². The molecule has 1 atom stereocenters. The fraction of sp³-hybridized carbons (Fsp3) is 0.286. The van der Waals surface area contributed by atoms with Crippen LogP contribution in [0.4, 0.5) is 0 Å². The Kier molecular flexibility index (Phi) is 4.14. The summed E-state index contributed by atoms with van der Waals surface area (Å²) in [4.78, 5) is 0. The molecule has 1 nitrogen and oxygen atoms in total. The van der Waals surface area contributed by atoms with Crippen molar-refractivity contribution in [3.05, 3.63) is 58.5 Å². The molecule has 0 bridgehead atoms. The molecule has 0 spiro atoms. The molecule has 0 aliphatic heterocycles. The minimum atomic E-state index is -0.0939. The summed E-state index contributed by atoms with van der Waals surface area (Å²) in [5, 5.41) is 0.670. The standard InChI is InChI=1S/C14H14Cl2O/c1-2-14-11(7-8-17-14)13(16)9-10-5-3-4-6-12(10)15/h3-8,13H,2,9H2,1H3. The van der Waals surface area contributed by atoms with Crippen LogP contribution in [-0.4, -0.2) is 0 Å². The predicted molar refractivity (Wildman–Crippen MR) is 71.8 cm³/mol. The Morgan fingerprint density at radius 2 is 2.00 bits per heavy atom. The van der Waals surface area contributed by atoms with Crippen LogP contribution in [-0.2, 0) is 12.8 Å². The van der Waals surface area contributed by atoms with Crippen molar-refractivity contribution in [1.82, 2.24) is 0 Å². The first-order chi connectivity index (χ1) is 8.22. The molecule has 2 aromatic rings. The van der Waals surface area contributed by atoms with E-state index >= 15 is 0 Å². The van der Waals surface area contributed by atoms with E-state index < -0.39 is 0 Å². The van der Waals surface area contributed by atoms with Crippen molar-refractivity contribution in [2.75, 3.05) is 0 Å². The number of rotatable bonds is 4. The molecule has 0 saturated carbocycles. The van der Waals surface area contributed by atoms with Crippen molar-refractivity contribution < 1.29 is 4.42 Å². The number of hydrogen-bond donors (Lipinski definition) is 0. The minimum Gasteiger partial charge on any atom is -0.469 e. The van der Waals surface area contributed by atoms with Crippen LogP contribution in [0.2, 0.25) is 5.02 Å². The fourth-order valence-corrected chi connectivity index (χ4v) is 2.46. The van der Waals surface area contributed by atoms with Gasteiger partial charge >= 0.3 is 0 Å². The highest BCUT2D eigenvalue weighted by atomic mass is 35.5. The summed E-state index contributed by atoms with van der Waals surface area (Å²) in [6, 6.07) is 9.72. The Morgan fingerprint density at radius 3 is 2.71 bits per heavy atom. The highest BCUT2D eigenvalue weighted by Gasteiger charge is 2.16. The Bertz CT molecular complexity index is 490. The van der Waals surface area contributed by atoms with Gasteiger partial charge in [-0.2, -0.15) is 0 Å². The van der Waals surface area contributed by atoms with Crippen LogP contribution in [0.25, 0.3) is 0 Å². The number of hydrogen-bond acceptors (Lipinski definition) is 1. The molecule has 0 fully saturated rings. The molecule has 0 aliphatic rings. The molecule has 0 N–H and O–H groups in total. The first-order valence-corrected chi connectivity index (χ1v) is 6.47. The van der Waals surface area contributed by atoms with Gasteiger partial charge in [0, 0.05) is 17.0 Å². The zero-order valence-corrected chi connectivity index (χ0v) is 11.1. The highest BCUT2D eigenvalue weighted by molar-refractivity contribution is 6.31. The second kappa shape index (κ2) is 5.61. The van der Waals surface area contributed by atoms with Crippen LogP contribution in [0.15, 0.2) is 41.0 Å². The zero-order chi connectivity index (χ0) is 12.3. The molecule has 1 aromatic carbocycles. The number of alkyl halides is 1. The molecule has 3 heteroatoms. The summed E-state index contributed by atoms with van der Waals surface area (Å²) in [6.45, 7) is 2.06. The molecule has 0 radical (unpaired) electrons. The van der Waals surface area contributed by atoms with Crippen molar-refractivity contribution >= 4 is 23.2 Å². The zero-order valence-electron chi connectivity index (χ0n) is 9.62. The Morgan fingerprint density at radius 1 is 1.24 bits per heavy atom. The van der Waals surface area contributed by atoms with E-state index in [0.717, 1.165) is 28.3 Å². The lowest BCUT2D eigenvalue weighted by Crippen LogP contribution is -1.98. The van der Waals surface area contributed by atoms with Crippen LogP contribution >= 0.6 is 23.2 Å². The molecule has 1 unspecified atom stereocenters. The second-order valence-corrected chi connectivity index (χ2v) is 4.85. The molecule has 0 saturated heterocycles. The van der Waals surface area contributed by atoms with Crippen molar-refractivity contribution in [2.24, 2.45) is 0 Å². The summed E-state index contributed by atoms with van der Waals surface area (Å²) in [6.07, 6.45) is 3.26. The Labute approximate surface area is 111 Å². The van der Waals surface area contributed by atoms with E-state index in [0.29, 0.717) is 6.42 Å². The first-order valence-electron chi connectivity index (χ1n) is 5.66. The van der Waals surface area contributed by atoms with E-state index in [9.17, 15) is 0 Å². The average molecular weight is 269 g/mol. The minimum absolute atomic E-state index is 0.0939. The molecule has 0 aliphatic carbocycles. The third-order valence-electron chi connectivity index (χ3n) is 2.80. The van der Waals surface area contributed by atoms with E-state index in [4.69, 9.17) is 27.6 Å². The van der Waals surface area contributed by atoms with Gasteiger partial charge in [0.25, 0.3) is 0 Å². The van der Waals surface area contributed by atoms with Crippen molar-refractivity contribution in [3.63, 3.8) is 0 Å². The number of benzene rings is 1. The number of aryl methyl sites for hydroxylation is 1. The second-order valence-electron chi connectivity index (χ2n) is 3.92. The topological polar surface area (TPSA) is 13.1 Å². The maximum atomic E-state index is 6.42. The van der Waals surface area contributed by atoms with E-state index in [-0.39, 0.29) is 5.38 Å². The SMILES string of the molecule is CCc1occc1C(Cl)Cc1ccccc1Cl. The highest BCUT2D eigenvalue weighted by Crippen LogP contribution is 2.31. The van der Waals surface area contributed by atoms with Crippen molar-refractivity contribution in [2.45, 2.75) is 25.1 Å². The van der Waals surface area contributed by atoms with Gasteiger partial charge in [-0.3, -0.25) is 0 Å². The van der Waals surface area contributed by atoms with Crippen LogP contribution in [0.5, 0.6) is 0 Å². The first kappa shape index (κ1) is 12.5. The quantitative estimate of drug-likeness (QED) is 0.710. The number of halogens is 2. The lowest BCUT2D eigenvalue weighted by Gasteiger charge is -2.10. The fourth-order valence-electron chi connectivity index (χ4n) is 1.88. The molecule has 2 rings (SSSR count). The largest absolute Gasteiger partial charge is 0.469 e. The van der Waals surface area contributed by atoms with Crippen LogP contribution in [0, 0.1) is 0 Å². The maximum absolute atomic E-state index is 6.42. The smallest absolute Gasteiger partial charge is 0.108 e. The van der Waals surface area contributed by atoms with Gasteiger partial charge in [0.2, 0.25) is 0 Å². The molecule has 0 amide bonds.